The van der Waals surface area contributed by atoms with Crippen molar-refractivity contribution >= 4 is 16.8 Å². The minimum absolute atomic E-state index is 0.110. The van der Waals surface area contributed by atoms with Crippen molar-refractivity contribution < 1.29 is 4.79 Å². The van der Waals surface area contributed by atoms with E-state index < -0.39 is 5.91 Å². The fourth-order valence-corrected chi connectivity index (χ4v) is 2.40. The van der Waals surface area contributed by atoms with E-state index in [9.17, 15) is 9.59 Å². The fraction of sp³-hybridized carbons (Fsp3) is 0.176. The number of aromatic nitrogens is 3. The Morgan fingerprint density at radius 3 is 2.83 bits per heavy atom. The largest absolute Gasteiger partial charge is 0.345 e. The number of hydrogen-bond donors (Lipinski definition) is 1. The van der Waals surface area contributed by atoms with Gasteiger partial charge in [-0.1, -0.05) is 17.7 Å². The Kier molecular flexibility index (Phi) is 3.89. The Labute approximate surface area is 132 Å². The number of benzene rings is 1. The number of amides is 1. The van der Waals surface area contributed by atoms with Crippen molar-refractivity contribution in [3.05, 3.63) is 69.8 Å². The highest BCUT2D eigenvalue weighted by molar-refractivity contribution is 5.95. The van der Waals surface area contributed by atoms with Crippen molar-refractivity contribution in [2.75, 3.05) is 0 Å². The fourth-order valence-electron chi connectivity index (χ4n) is 2.40. The lowest BCUT2D eigenvalue weighted by molar-refractivity contribution is 0.0942. The van der Waals surface area contributed by atoms with E-state index in [1.165, 1.54) is 0 Å². The van der Waals surface area contributed by atoms with Crippen LogP contribution in [0.2, 0.25) is 0 Å². The Morgan fingerprint density at radius 2 is 2.09 bits per heavy atom. The average molecular weight is 308 g/mol. The molecular formula is C17H16N4O2. The van der Waals surface area contributed by atoms with E-state index in [1.807, 2.05) is 25.1 Å². The molecule has 2 heterocycles. The molecule has 0 aliphatic carbocycles. The minimum Gasteiger partial charge on any atom is -0.345 e. The topological polar surface area (TPSA) is 76.9 Å². The van der Waals surface area contributed by atoms with Gasteiger partial charge in [0.05, 0.1) is 23.1 Å². The lowest BCUT2D eigenvalue weighted by Gasteiger charge is -2.09. The maximum atomic E-state index is 12.5. The molecule has 0 aliphatic heterocycles. The molecule has 0 radical (unpaired) electrons. The molecule has 0 fully saturated rings. The molecule has 0 saturated heterocycles. The number of fused-ring (bicyclic) bond motifs is 1. The number of pyridine rings is 1. The van der Waals surface area contributed by atoms with E-state index in [-0.39, 0.29) is 17.7 Å². The summed E-state index contributed by atoms with van der Waals surface area (Å²) in [4.78, 5) is 29.0. The lowest BCUT2D eigenvalue weighted by Crippen LogP contribution is -2.31. The monoisotopic (exact) mass is 308 g/mol. The highest BCUT2D eigenvalue weighted by Gasteiger charge is 2.16. The number of hydrogen-bond acceptors (Lipinski definition) is 4. The molecule has 0 atom stereocenters. The van der Waals surface area contributed by atoms with E-state index >= 15 is 0 Å². The molecule has 0 aliphatic rings. The normalized spacial score (nSPS) is 10.7. The summed E-state index contributed by atoms with van der Waals surface area (Å²) in [7, 11) is 1.71. The number of nitrogens with one attached hydrogen (secondary N) is 1. The van der Waals surface area contributed by atoms with Gasteiger partial charge in [-0.2, -0.15) is 5.10 Å². The van der Waals surface area contributed by atoms with Crippen molar-refractivity contribution in [1.29, 1.82) is 0 Å². The first kappa shape index (κ1) is 14.9. The van der Waals surface area contributed by atoms with Crippen LogP contribution in [0.5, 0.6) is 0 Å². The van der Waals surface area contributed by atoms with E-state index in [4.69, 9.17) is 0 Å². The highest BCUT2D eigenvalue weighted by Crippen LogP contribution is 2.11. The second-order valence-corrected chi connectivity index (χ2v) is 5.33. The average Bonchev–Trinajstić information content (AvgIpc) is 2.56. The van der Waals surface area contributed by atoms with Crippen molar-refractivity contribution in [3.63, 3.8) is 0 Å². The number of carbonyl (C=O) groups excluding carboxylic acids is 1. The van der Waals surface area contributed by atoms with Crippen LogP contribution in [0.25, 0.3) is 10.9 Å². The Morgan fingerprint density at radius 1 is 1.26 bits per heavy atom. The van der Waals surface area contributed by atoms with Gasteiger partial charge in [0.15, 0.2) is 5.69 Å². The molecule has 3 aromatic rings. The second kappa shape index (κ2) is 6.00. The maximum Gasteiger partial charge on any atom is 0.276 e. The summed E-state index contributed by atoms with van der Waals surface area (Å²) in [6, 6.07) is 10.9. The number of nitrogens with zero attached hydrogens (tertiary/aromatic N) is 3. The molecule has 6 heteroatoms. The van der Waals surface area contributed by atoms with Crippen LogP contribution in [0, 0.1) is 6.92 Å². The van der Waals surface area contributed by atoms with Crippen LogP contribution in [0.3, 0.4) is 0 Å². The van der Waals surface area contributed by atoms with Gasteiger partial charge in [0, 0.05) is 13.2 Å². The first-order chi connectivity index (χ1) is 11.1. The summed E-state index contributed by atoms with van der Waals surface area (Å²) in [5, 5.41) is 7.29. The van der Waals surface area contributed by atoms with E-state index in [2.05, 4.69) is 15.4 Å². The molecule has 6 nitrogen and oxygen atoms in total. The van der Waals surface area contributed by atoms with Crippen LogP contribution >= 0.6 is 0 Å². The van der Waals surface area contributed by atoms with Gasteiger partial charge >= 0.3 is 0 Å². The van der Waals surface area contributed by atoms with Crippen molar-refractivity contribution in [2.24, 2.45) is 7.05 Å². The van der Waals surface area contributed by atoms with Crippen LogP contribution in [0.1, 0.15) is 21.7 Å². The summed E-state index contributed by atoms with van der Waals surface area (Å²) >= 11 is 0. The van der Waals surface area contributed by atoms with Crippen LogP contribution in [0.15, 0.2) is 47.4 Å². The standard InChI is InChI=1S/C17H16N4O2/c1-11-6-7-14-13(9-11)16(22)15(20-21(14)2)17(23)19-10-12-5-3-4-8-18-12/h3-9H,10H2,1-2H3,(H,19,23). The zero-order valence-electron chi connectivity index (χ0n) is 12.9. The molecule has 23 heavy (non-hydrogen) atoms. The molecule has 1 aromatic carbocycles. The smallest absolute Gasteiger partial charge is 0.276 e. The Balaban J connectivity index is 1.94. The summed E-state index contributed by atoms with van der Waals surface area (Å²) in [6.45, 7) is 2.15. The molecule has 1 amide bonds. The van der Waals surface area contributed by atoms with Gasteiger partial charge in [-0.25, -0.2) is 0 Å². The molecule has 0 unspecified atom stereocenters. The SMILES string of the molecule is Cc1ccc2c(c1)c(=O)c(C(=O)NCc1ccccn1)nn2C. The third kappa shape index (κ3) is 2.96. The predicted molar refractivity (Wildman–Crippen MR) is 87.1 cm³/mol. The number of aryl methyl sites for hydroxylation is 2. The summed E-state index contributed by atoms with van der Waals surface area (Å²) < 4.78 is 1.55. The third-order valence-electron chi connectivity index (χ3n) is 3.58. The van der Waals surface area contributed by atoms with Crippen LogP contribution in [-0.2, 0) is 13.6 Å². The Bertz CT molecular complexity index is 932. The van der Waals surface area contributed by atoms with Gasteiger partial charge in [0.25, 0.3) is 5.91 Å². The molecule has 2 aromatic heterocycles. The minimum atomic E-state index is -0.500. The summed E-state index contributed by atoms with van der Waals surface area (Å²) in [5.41, 5.74) is 1.90. The van der Waals surface area contributed by atoms with Crippen molar-refractivity contribution in [2.45, 2.75) is 13.5 Å². The van der Waals surface area contributed by atoms with Crippen LogP contribution in [0.4, 0.5) is 0 Å². The first-order valence-corrected chi connectivity index (χ1v) is 7.22. The number of carbonyl (C=O) groups is 1. The van der Waals surface area contributed by atoms with E-state index in [1.54, 1.807) is 36.1 Å². The van der Waals surface area contributed by atoms with Gasteiger partial charge < -0.3 is 5.32 Å². The lowest BCUT2D eigenvalue weighted by atomic mass is 10.1. The molecule has 3 rings (SSSR count). The first-order valence-electron chi connectivity index (χ1n) is 7.22. The quantitative estimate of drug-likeness (QED) is 0.796. The van der Waals surface area contributed by atoms with Crippen LogP contribution < -0.4 is 10.7 Å². The third-order valence-corrected chi connectivity index (χ3v) is 3.58. The zero-order valence-corrected chi connectivity index (χ0v) is 12.9. The van der Waals surface area contributed by atoms with Gasteiger partial charge in [-0.15, -0.1) is 0 Å². The Hall–Kier alpha value is -3.02. The van der Waals surface area contributed by atoms with Crippen molar-refractivity contribution in [3.8, 4) is 0 Å². The molecular weight excluding hydrogens is 292 g/mol. The zero-order chi connectivity index (χ0) is 16.4. The highest BCUT2D eigenvalue weighted by atomic mass is 16.2. The number of rotatable bonds is 3. The predicted octanol–water partition coefficient (Wildman–Crippen LogP) is 1.57. The van der Waals surface area contributed by atoms with Gasteiger partial charge in [-0.3, -0.25) is 19.3 Å². The van der Waals surface area contributed by atoms with Gasteiger partial charge in [0.1, 0.15) is 0 Å². The second-order valence-electron chi connectivity index (χ2n) is 5.33. The summed E-state index contributed by atoms with van der Waals surface area (Å²) in [5.74, 6) is -0.500. The molecule has 116 valence electrons. The van der Waals surface area contributed by atoms with E-state index in [0.717, 1.165) is 5.56 Å². The van der Waals surface area contributed by atoms with Crippen molar-refractivity contribution in [1.82, 2.24) is 20.1 Å². The maximum absolute atomic E-state index is 12.5. The van der Waals surface area contributed by atoms with E-state index in [0.29, 0.717) is 16.6 Å². The van der Waals surface area contributed by atoms with Crippen LogP contribution in [-0.4, -0.2) is 20.7 Å². The molecule has 0 spiro atoms. The van der Waals surface area contributed by atoms with Gasteiger partial charge in [-0.05, 0) is 31.2 Å². The summed E-state index contributed by atoms with van der Waals surface area (Å²) in [6.07, 6.45) is 1.65. The van der Waals surface area contributed by atoms with Gasteiger partial charge in [0.2, 0.25) is 5.43 Å². The molecule has 1 N–H and O–H groups in total. The molecule has 0 saturated carbocycles. The molecule has 0 bridgehead atoms.